The summed E-state index contributed by atoms with van der Waals surface area (Å²) < 4.78 is 1.73. The van der Waals surface area contributed by atoms with Gasteiger partial charge in [0.15, 0.2) is 0 Å². The largest absolute Gasteiger partial charge is 0.335 e. The van der Waals surface area contributed by atoms with Gasteiger partial charge in [0, 0.05) is 49.5 Å². The normalized spacial score (nSPS) is 14.7. The Labute approximate surface area is 152 Å². The minimum Gasteiger partial charge on any atom is -0.335 e. The summed E-state index contributed by atoms with van der Waals surface area (Å²) >= 11 is 5.87. The molecule has 1 aromatic carbocycles. The molecule has 0 atom stereocenters. The van der Waals surface area contributed by atoms with Crippen LogP contribution in [0.4, 0.5) is 0 Å². The topological polar surface area (TPSA) is 58.4 Å². The molecular formula is C18H21ClN4O2. The van der Waals surface area contributed by atoms with Gasteiger partial charge in [0.05, 0.1) is 11.3 Å². The molecule has 0 unspecified atom stereocenters. The fourth-order valence-corrected chi connectivity index (χ4v) is 3.25. The van der Waals surface area contributed by atoms with E-state index in [1.165, 1.54) is 0 Å². The average molecular weight is 361 g/mol. The first-order valence-corrected chi connectivity index (χ1v) is 8.60. The van der Waals surface area contributed by atoms with Gasteiger partial charge in [0.25, 0.3) is 11.8 Å². The number of hydrogen-bond donors (Lipinski definition) is 0. The Bertz CT molecular complexity index is 805. The molecule has 6 nitrogen and oxygen atoms in total. The Morgan fingerprint density at radius 1 is 0.960 bits per heavy atom. The molecule has 1 saturated heterocycles. The maximum Gasteiger partial charge on any atom is 0.257 e. The Balaban J connectivity index is 1.66. The van der Waals surface area contributed by atoms with Crippen molar-refractivity contribution >= 4 is 23.4 Å². The molecule has 1 fully saturated rings. The lowest BCUT2D eigenvalue weighted by Gasteiger charge is -2.35. The molecule has 0 N–H and O–H groups in total. The summed E-state index contributed by atoms with van der Waals surface area (Å²) in [5.74, 6) is -0.0424. The Morgan fingerprint density at radius 3 is 1.96 bits per heavy atom. The molecule has 2 amide bonds. The fraction of sp³-hybridized carbons (Fsp3) is 0.389. The van der Waals surface area contributed by atoms with Gasteiger partial charge >= 0.3 is 0 Å². The number of amides is 2. The molecule has 0 saturated carbocycles. The Kier molecular flexibility index (Phi) is 4.81. The average Bonchev–Trinajstić information content (AvgIpc) is 2.87. The quantitative estimate of drug-likeness (QED) is 0.825. The lowest BCUT2D eigenvalue weighted by molar-refractivity contribution is 0.0534. The molecule has 2 heterocycles. The zero-order chi connectivity index (χ0) is 18.1. The lowest BCUT2D eigenvalue weighted by Crippen LogP contribution is -2.50. The van der Waals surface area contributed by atoms with Gasteiger partial charge in [0.1, 0.15) is 0 Å². The molecule has 1 aliphatic rings. The standard InChI is InChI=1S/C18H21ClN4O2/c1-12-16(13(2)21(3)20-12)18(25)23-10-8-22(9-11-23)17(24)14-4-6-15(19)7-5-14/h4-7H,8-11H2,1-3H3. The van der Waals surface area contributed by atoms with E-state index in [0.29, 0.717) is 42.3 Å². The van der Waals surface area contributed by atoms with E-state index in [1.54, 1.807) is 38.7 Å². The third-order valence-corrected chi connectivity index (χ3v) is 4.92. The monoisotopic (exact) mass is 360 g/mol. The molecule has 1 aromatic heterocycles. The summed E-state index contributed by atoms with van der Waals surface area (Å²) in [4.78, 5) is 28.9. The second kappa shape index (κ2) is 6.88. The SMILES string of the molecule is Cc1nn(C)c(C)c1C(=O)N1CCN(C(=O)c2ccc(Cl)cc2)CC1. The second-order valence-corrected chi connectivity index (χ2v) is 6.70. The van der Waals surface area contributed by atoms with Gasteiger partial charge in [-0.2, -0.15) is 5.10 Å². The van der Waals surface area contributed by atoms with Crippen LogP contribution < -0.4 is 0 Å². The molecule has 2 aromatic rings. The number of benzene rings is 1. The molecule has 0 radical (unpaired) electrons. The molecule has 1 aliphatic heterocycles. The first kappa shape index (κ1) is 17.5. The number of rotatable bonds is 2. The molecule has 0 aliphatic carbocycles. The summed E-state index contributed by atoms with van der Waals surface area (Å²) in [6, 6.07) is 6.88. The van der Waals surface area contributed by atoms with Crippen molar-refractivity contribution in [1.82, 2.24) is 19.6 Å². The van der Waals surface area contributed by atoms with Crippen molar-refractivity contribution in [3.63, 3.8) is 0 Å². The third kappa shape index (κ3) is 3.39. The summed E-state index contributed by atoms with van der Waals surface area (Å²) in [7, 11) is 1.84. The van der Waals surface area contributed by atoms with Crippen LogP contribution >= 0.6 is 11.6 Å². The summed E-state index contributed by atoms with van der Waals surface area (Å²) in [5, 5.41) is 4.92. The lowest BCUT2D eigenvalue weighted by atomic mass is 10.1. The van der Waals surface area contributed by atoms with Crippen molar-refractivity contribution < 1.29 is 9.59 Å². The van der Waals surface area contributed by atoms with Crippen molar-refractivity contribution in [1.29, 1.82) is 0 Å². The van der Waals surface area contributed by atoms with E-state index in [1.807, 2.05) is 20.9 Å². The van der Waals surface area contributed by atoms with E-state index in [2.05, 4.69) is 5.10 Å². The number of carbonyl (C=O) groups excluding carboxylic acids is 2. The van der Waals surface area contributed by atoms with Gasteiger partial charge in [-0.05, 0) is 38.1 Å². The summed E-state index contributed by atoms with van der Waals surface area (Å²) in [5.41, 5.74) is 2.88. The van der Waals surface area contributed by atoms with Crippen LogP contribution in [0.1, 0.15) is 32.1 Å². The van der Waals surface area contributed by atoms with E-state index in [0.717, 1.165) is 11.4 Å². The van der Waals surface area contributed by atoms with Gasteiger partial charge in [-0.15, -0.1) is 0 Å². The second-order valence-electron chi connectivity index (χ2n) is 6.26. The summed E-state index contributed by atoms with van der Waals surface area (Å²) in [6.07, 6.45) is 0. The minimum atomic E-state index is -0.0301. The molecular weight excluding hydrogens is 340 g/mol. The van der Waals surface area contributed by atoms with Crippen LogP contribution in [0.15, 0.2) is 24.3 Å². The van der Waals surface area contributed by atoms with Gasteiger partial charge < -0.3 is 9.80 Å². The first-order chi connectivity index (χ1) is 11.9. The number of piperazine rings is 1. The first-order valence-electron chi connectivity index (χ1n) is 8.23. The van der Waals surface area contributed by atoms with Crippen LogP contribution in [0.25, 0.3) is 0 Å². The molecule has 0 bridgehead atoms. The predicted octanol–water partition coefficient (Wildman–Crippen LogP) is 2.29. The van der Waals surface area contributed by atoms with Crippen LogP contribution in [0.3, 0.4) is 0 Å². The highest BCUT2D eigenvalue weighted by atomic mass is 35.5. The van der Waals surface area contributed by atoms with Crippen molar-refractivity contribution in [3.8, 4) is 0 Å². The predicted molar refractivity (Wildman–Crippen MR) is 95.9 cm³/mol. The molecule has 132 valence electrons. The Morgan fingerprint density at radius 2 is 1.48 bits per heavy atom. The molecule has 0 spiro atoms. The maximum absolute atomic E-state index is 12.8. The zero-order valence-electron chi connectivity index (χ0n) is 14.6. The number of carbonyl (C=O) groups is 2. The van der Waals surface area contributed by atoms with E-state index in [4.69, 9.17) is 11.6 Å². The highest BCUT2D eigenvalue weighted by Gasteiger charge is 2.28. The van der Waals surface area contributed by atoms with Crippen molar-refractivity contribution in [3.05, 3.63) is 51.8 Å². The number of aryl methyl sites for hydroxylation is 2. The molecule has 25 heavy (non-hydrogen) atoms. The minimum absolute atomic E-state index is 0.0123. The van der Waals surface area contributed by atoms with Crippen molar-refractivity contribution in [2.45, 2.75) is 13.8 Å². The van der Waals surface area contributed by atoms with Crippen LogP contribution in [-0.2, 0) is 7.05 Å². The van der Waals surface area contributed by atoms with Crippen molar-refractivity contribution in [2.24, 2.45) is 7.05 Å². The van der Waals surface area contributed by atoms with Crippen molar-refractivity contribution in [2.75, 3.05) is 26.2 Å². The smallest absolute Gasteiger partial charge is 0.257 e. The van der Waals surface area contributed by atoms with E-state index in [-0.39, 0.29) is 11.8 Å². The van der Waals surface area contributed by atoms with Crippen LogP contribution in [0.2, 0.25) is 5.02 Å². The molecule has 3 rings (SSSR count). The number of hydrogen-bond acceptors (Lipinski definition) is 3. The van der Waals surface area contributed by atoms with Gasteiger partial charge in [-0.25, -0.2) is 0 Å². The summed E-state index contributed by atoms with van der Waals surface area (Å²) in [6.45, 7) is 5.82. The molecule has 7 heteroatoms. The highest BCUT2D eigenvalue weighted by Crippen LogP contribution is 2.17. The number of aromatic nitrogens is 2. The van der Waals surface area contributed by atoms with Crippen LogP contribution in [-0.4, -0.2) is 57.6 Å². The van der Waals surface area contributed by atoms with Gasteiger partial charge in [-0.1, -0.05) is 11.6 Å². The fourth-order valence-electron chi connectivity index (χ4n) is 3.13. The van der Waals surface area contributed by atoms with Crippen LogP contribution in [0.5, 0.6) is 0 Å². The third-order valence-electron chi connectivity index (χ3n) is 4.67. The van der Waals surface area contributed by atoms with Gasteiger partial charge in [-0.3, -0.25) is 14.3 Å². The van der Waals surface area contributed by atoms with Crippen LogP contribution in [0, 0.1) is 13.8 Å². The van der Waals surface area contributed by atoms with E-state index < -0.39 is 0 Å². The van der Waals surface area contributed by atoms with Gasteiger partial charge in [0.2, 0.25) is 0 Å². The van der Waals surface area contributed by atoms with E-state index >= 15 is 0 Å². The Hall–Kier alpha value is -2.34. The highest BCUT2D eigenvalue weighted by molar-refractivity contribution is 6.30. The van der Waals surface area contributed by atoms with E-state index in [9.17, 15) is 9.59 Å². The zero-order valence-corrected chi connectivity index (χ0v) is 15.4. The number of halogens is 1. The number of nitrogens with zero attached hydrogens (tertiary/aromatic N) is 4. The maximum atomic E-state index is 12.8.